The largest absolute Gasteiger partial charge is 0.497 e. The van der Waals surface area contributed by atoms with Gasteiger partial charge >= 0.3 is 0 Å². The predicted molar refractivity (Wildman–Crippen MR) is 77.4 cm³/mol. The van der Waals surface area contributed by atoms with Gasteiger partial charge in [0.1, 0.15) is 11.6 Å². The lowest BCUT2D eigenvalue weighted by Gasteiger charge is -2.03. The summed E-state index contributed by atoms with van der Waals surface area (Å²) in [6, 6.07) is 8.17. The Morgan fingerprint density at radius 1 is 1.21 bits per heavy atom. The third-order valence-corrected chi connectivity index (χ3v) is 3.44. The van der Waals surface area contributed by atoms with Crippen molar-refractivity contribution in [2.45, 2.75) is 26.2 Å². The molecule has 19 heavy (non-hydrogen) atoms. The van der Waals surface area contributed by atoms with Crippen LogP contribution in [-0.4, -0.2) is 16.9 Å². The van der Waals surface area contributed by atoms with Crippen molar-refractivity contribution in [1.29, 1.82) is 0 Å². The number of nitrogen functional groups attached to an aromatic ring is 1. The normalized spacial score (nSPS) is 10.7. The second-order valence-corrected chi connectivity index (χ2v) is 4.64. The van der Waals surface area contributed by atoms with Crippen molar-refractivity contribution in [3.05, 3.63) is 41.1 Å². The average Bonchev–Trinajstić information content (AvgIpc) is 2.72. The van der Waals surface area contributed by atoms with Crippen molar-refractivity contribution in [1.82, 2.24) is 9.78 Å². The third kappa shape index (κ3) is 2.89. The molecular weight excluding hydrogens is 238 g/mol. The molecule has 0 saturated carbocycles. The first-order valence-electron chi connectivity index (χ1n) is 6.58. The van der Waals surface area contributed by atoms with Crippen LogP contribution >= 0.6 is 0 Å². The van der Waals surface area contributed by atoms with Crippen LogP contribution in [0.15, 0.2) is 24.3 Å². The van der Waals surface area contributed by atoms with E-state index in [1.54, 1.807) is 11.8 Å². The maximum atomic E-state index is 6.00. The number of nitrogens with two attached hydrogens (primary N) is 1. The maximum absolute atomic E-state index is 6.00. The Kier molecular flexibility index (Phi) is 4.10. The number of nitrogens with zero attached hydrogens (tertiary/aromatic N) is 2. The van der Waals surface area contributed by atoms with E-state index in [0.29, 0.717) is 0 Å². The molecule has 2 aromatic rings. The molecular formula is C15H21N3O. The molecule has 0 radical (unpaired) electrons. The Labute approximate surface area is 114 Å². The van der Waals surface area contributed by atoms with Gasteiger partial charge in [-0.05, 0) is 37.0 Å². The summed E-state index contributed by atoms with van der Waals surface area (Å²) in [6.07, 6.45) is 2.81. The molecule has 0 unspecified atom stereocenters. The maximum Gasteiger partial charge on any atom is 0.124 e. The fraction of sp³-hybridized carbons (Fsp3) is 0.400. The smallest absolute Gasteiger partial charge is 0.124 e. The van der Waals surface area contributed by atoms with Crippen LogP contribution in [0.4, 0.5) is 5.82 Å². The molecule has 0 amide bonds. The highest BCUT2D eigenvalue weighted by atomic mass is 16.5. The SMILES string of the molecule is CCc1c(CCc2ccc(OC)cc2)nn(C)c1N. The predicted octanol–water partition coefficient (Wildman–Crippen LogP) is 2.36. The van der Waals surface area contributed by atoms with Gasteiger partial charge in [-0.15, -0.1) is 0 Å². The first-order chi connectivity index (χ1) is 9.15. The number of hydrogen-bond donors (Lipinski definition) is 1. The number of aryl methyl sites for hydroxylation is 3. The van der Waals surface area contributed by atoms with Crippen molar-refractivity contribution >= 4 is 5.82 Å². The minimum absolute atomic E-state index is 0.784. The fourth-order valence-electron chi connectivity index (χ4n) is 2.28. The van der Waals surface area contributed by atoms with Crippen LogP contribution in [0.2, 0.25) is 0 Å². The van der Waals surface area contributed by atoms with Crippen LogP contribution < -0.4 is 10.5 Å². The number of anilines is 1. The number of benzene rings is 1. The van der Waals surface area contributed by atoms with E-state index in [-0.39, 0.29) is 0 Å². The van der Waals surface area contributed by atoms with Gasteiger partial charge in [0.25, 0.3) is 0 Å². The van der Waals surface area contributed by atoms with Crippen LogP contribution in [0.25, 0.3) is 0 Å². The van der Waals surface area contributed by atoms with E-state index in [1.807, 2.05) is 19.2 Å². The summed E-state index contributed by atoms with van der Waals surface area (Å²) in [5.41, 5.74) is 9.58. The summed E-state index contributed by atoms with van der Waals surface area (Å²) in [4.78, 5) is 0. The van der Waals surface area contributed by atoms with Crippen LogP contribution in [0.5, 0.6) is 5.75 Å². The molecule has 1 aromatic heterocycles. The van der Waals surface area contributed by atoms with Crippen LogP contribution in [-0.2, 0) is 26.3 Å². The van der Waals surface area contributed by atoms with Crippen molar-refractivity contribution in [2.24, 2.45) is 7.05 Å². The van der Waals surface area contributed by atoms with E-state index >= 15 is 0 Å². The molecule has 1 aromatic carbocycles. The number of methoxy groups -OCH3 is 1. The van der Waals surface area contributed by atoms with E-state index in [0.717, 1.165) is 36.5 Å². The van der Waals surface area contributed by atoms with Gasteiger partial charge in [0.15, 0.2) is 0 Å². The molecule has 0 spiro atoms. The molecule has 1 heterocycles. The minimum Gasteiger partial charge on any atom is -0.497 e. The number of aromatic nitrogens is 2. The molecule has 2 N–H and O–H groups in total. The molecule has 0 atom stereocenters. The highest BCUT2D eigenvalue weighted by molar-refractivity contribution is 5.43. The van der Waals surface area contributed by atoms with Crippen molar-refractivity contribution in [3.63, 3.8) is 0 Å². The molecule has 4 nitrogen and oxygen atoms in total. The molecule has 4 heteroatoms. The second kappa shape index (κ2) is 5.78. The Hall–Kier alpha value is -1.97. The molecule has 0 saturated heterocycles. The Morgan fingerprint density at radius 3 is 2.47 bits per heavy atom. The summed E-state index contributed by atoms with van der Waals surface area (Å²) in [5.74, 6) is 1.67. The zero-order valence-electron chi connectivity index (χ0n) is 11.8. The monoisotopic (exact) mass is 259 g/mol. The quantitative estimate of drug-likeness (QED) is 0.896. The Morgan fingerprint density at radius 2 is 1.89 bits per heavy atom. The topological polar surface area (TPSA) is 53.1 Å². The molecule has 0 bridgehead atoms. The molecule has 0 fully saturated rings. The first kappa shape index (κ1) is 13.5. The van der Waals surface area contributed by atoms with E-state index in [4.69, 9.17) is 10.5 Å². The summed E-state index contributed by atoms with van der Waals surface area (Å²) >= 11 is 0. The second-order valence-electron chi connectivity index (χ2n) is 4.64. The number of hydrogen-bond acceptors (Lipinski definition) is 3. The zero-order chi connectivity index (χ0) is 13.8. The van der Waals surface area contributed by atoms with Gasteiger partial charge < -0.3 is 10.5 Å². The van der Waals surface area contributed by atoms with E-state index in [1.165, 1.54) is 11.1 Å². The first-order valence-corrected chi connectivity index (χ1v) is 6.58. The van der Waals surface area contributed by atoms with Gasteiger partial charge in [0.05, 0.1) is 12.8 Å². The van der Waals surface area contributed by atoms with Gasteiger partial charge in [-0.1, -0.05) is 19.1 Å². The Bertz CT molecular complexity index is 543. The third-order valence-electron chi connectivity index (χ3n) is 3.44. The summed E-state index contributed by atoms with van der Waals surface area (Å²) in [5, 5.41) is 4.50. The minimum atomic E-state index is 0.784. The van der Waals surface area contributed by atoms with Gasteiger partial charge in [-0.2, -0.15) is 5.10 Å². The van der Waals surface area contributed by atoms with Crippen molar-refractivity contribution < 1.29 is 4.74 Å². The van der Waals surface area contributed by atoms with Gasteiger partial charge in [-0.25, -0.2) is 0 Å². The van der Waals surface area contributed by atoms with E-state index in [9.17, 15) is 0 Å². The molecule has 0 aliphatic carbocycles. The number of rotatable bonds is 5. The summed E-state index contributed by atoms with van der Waals surface area (Å²) < 4.78 is 6.92. The highest BCUT2D eigenvalue weighted by Gasteiger charge is 2.11. The molecule has 2 rings (SSSR count). The van der Waals surface area contributed by atoms with Crippen LogP contribution in [0, 0.1) is 0 Å². The lowest BCUT2D eigenvalue weighted by molar-refractivity contribution is 0.414. The van der Waals surface area contributed by atoms with Crippen molar-refractivity contribution in [3.8, 4) is 5.75 Å². The van der Waals surface area contributed by atoms with Crippen LogP contribution in [0.3, 0.4) is 0 Å². The zero-order valence-corrected chi connectivity index (χ0v) is 11.8. The Balaban J connectivity index is 2.07. The lowest BCUT2D eigenvalue weighted by Crippen LogP contribution is -1.98. The van der Waals surface area contributed by atoms with Gasteiger partial charge in [0, 0.05) is 12.6 Å². The standard InChI is InChI=1S/C15H21N3O/c1-4-13-14(17-18(2)15(13)16)10-7-11-5-8-12(19-3)9-6-11/h5-6,8-9H,4,7,10,16H2,1-3H3. The molecule has 102 valence electrons. The fourth-order valence-corrected chi connectivity index (χ4v) is 2.28. The van der Waals surface area contributed by atoms with E-state index < -0.39 is 0 Å². The van der Waals surface area contributed by atoms with Crippen LogP contribution in [0.1, 0.15) is 23.7 Å². The van der Waals surface area contributed by atoms with Crippen molar-refractivity contribution in [2.75, 3.05) is 12.8 Å². The van der Waals surface area contributed by atoms with E-state index in [2.05, 4.69) is 24.2 Å². The highest BCUT2D eigenvalue weighted by Crippen LogP contribution is 2.19. The number of ether oxygens (including phenoxy) is 1. The summed E-state index contributed by atoms with van der Waals surface area (Å²) in [7, 11) is 3.57. The average molecular weight is 259 g/mol. The lowest BCUT2D eigenvalue weighted by atomic mass is 10.0. The van der Waals surface area contributed by atoms with Gasteiger partial charge in [-0.3, -0.25) is 4.68 Å². The summed E-state index contributed by atoms with van der Waals surface area (Å²) in [6.45, 7) is 2.12. The van der Waals surface area contributed by atoms with Gasteiger partial charge in [0.2, 0.25) is 0 Å². The molecule has 0 aliphatic rings. The molecule has 0 aliphatic heterocycles.